The van der Waals surface area contributed by atoms with Crippen LogP contribution >= 0.6 is 0 Å². The van der Waals surface area contributed by atoms with Crippen LogP contribution in [0, 0.1) is 13.8 Å². The van der Waals surface area contributed by atoms with Crippen molar-refractivity contribution in [3.8, 4) is 11.5 Å². The third kappa shape index (κ3) is 4.43. The van der Waals surface area contributed by atoms with Gasteiger partial charge in [-0.2, -0.15) is 0 Å². The minimum atomic E-state index is -0.275. The first-order chi connectivity index (χ1) is 16.5. The van der Waals surface area contributed by atoms with Crippen LogP contribution in [0.25, 0.3) is 10.8 Å². The zero-order valence-electron chi connectivity index (χ0n) is 19.0. The van der Waals surface area contributed by atoms with Gasteiger partial charge in [0, 0.05) is 22.5 Å². The summed E-state index contributed by atoms with van der Waals surface area (Å²) in [6.07, 6.45) is 0. The summed E-state index contributed by atoms with van der Waals surface area (Å²) in [6, 6.07) is 22.3. The molecule has 1 heterocycles. The van der Waals surface area contributed by atoms with Crippen LogP contribution in [0.2, 0.25) is 0 Å². The molecule has 6 heteroatoms. The number of carbonyl (C=O) groups excluding carboxylic acids is 2. The molecule has 170 valence electrons. The number of anilines is 2. The maximum Gasteiger partial charge on any atom is 0.255 e. The Hall–Kier alpha value is -4.32. The summed E-state index contributed by atoms with van der Waals surface area (Å²) in [4.78, 5) is 25.7. The van der Waals surface area contributed by atoms with Gasteiger partial charge in [-0.05, 0) is 72.6 Å². The largest absolute Gasteiger partial charge is 0.486 e. The molecule has 2 amide bonds. The Morgan fingerprint density at radius 2 is 1.35 bits per heavy atom. The number of fused-ring (bicyclic) bond motifs is 2. The van der Waals surface area contributed by atoms with Crippen molar-refractivity contribution >= 4 is 34.0 Å². The maximum atomic E-state index is 12.9. The Morgan fingerprint density at radius 3 is 2.21 bits per heavy atom. The van der Waals surface area contributed by atoms with Crippen LogP contribution in [0.1, 0.15) is 31.8 Å². The highest BCUT2D eigenvalue weighted by Crippen LogP contribution is 2.31. The molecule has 34 heavy (non-hydrogen) atoms. The molecule has 0 radical (unpaired) electrons. The zero-order chi connectivity index (χ0) is 23.7. The minimum absolute atomic E-state index is 0.208. The summed E-state index contributed by atoms with van der Waals surface area (Å²) in [5.41, 5.74) is 4.31. The van der Waals surface area contributed by atoms with Crippen LogP contribution in [0.3, 0.4) is 0 Å². The smallest absolute Gasteiger partial charge is 0.255 e. The Morgan fingerprint density at radius 1 is 0.676 bits per heavy atom. The molecule has 1 aliphatic rings. The monoisotopic (exact) mass is 452 g/mol. The molecule has 0 fully saturated rings. The van der Waals surface area contributed by atoms with Crippen molar-refractivity contribution in [2.24, 2.45) is 0 Å². The van der Waals surface area contributed by atoms with E-state index in [0.29, 0.717) is 47.2 Å². The fourth-order valence-electron chi connectivity index (χ4n) is 3.92. The van der Waals surface area contributed by atoms with Crippen LogP contribution < -0.4 is 20.1 Å². The average molecular weight is 453 g/mol. The van der Waals surface area contributed by atoms with Crippen LogP contribution in [0.5, 0.6) is 11.5 Å². The molecule has 5 rings (SSSR count). The van der Waals surface area contributed by atoms with Gasteiger partial charge in [0.15, 0.2) is 11.5 Å². The quantitative estimate of drug-likeness (QED) is 0.414. The molecule has 0 saturated heterocycles. The van der Waals surface area contributed by atoms with Gasteiger partial charge in [0.25, 0.3) is 11.8 Å². The predicted octanol–water partition coefficient (Wildman–Crippen LogP) is 5.73. The predicted molar refractivity (Wildman–Crippen MR) is 133 cm³/mol. The third-order valence-electron chi connectivity index (χ3n) is 5.81. The Balaban J connectivity index is 1.33. The van der Waals surface area contributed by atoms with Crippen molar-refractivity contribution in [2.45, 2.75) is 13.8 Å². The topological polar surface area (TPSA) is 76.7 Å². The Labute approximate surface area is 197 Å². The molecule has 0 unspecified atom stereocenters. The molecule has 0 spiro atoms. The highest BCUT2D eigenvalue weighted by Gasteiger charge is 2.16. The Bertz CT molecular complexity index is 1430. The van der Waals surface area contributed by atoms with Crippen molar-refractivity contribution < 1.29 is 19.1 Å². The summed E-state index contributed by atoms with van der Waals surface area (Å²) in [6.45, 7) is 4.90. The second-order valence-corrected chi connectivity index (χ2v) is 8.36. The van der Waals surface area contributed by atoms with Crippen LogP contribution in [-0.2, 0) is 0 Å². The van der Waals surface area contributed by atoms with Gasteiger partial charge in [-0.3, -0.25) is 9.59 Å². The number of benzene rings is 4. The van der Waals surface area contributed by atoms with E-state index in [-0.39, 0.29) is 11.8 Å². The number of rotatable bonds is 4. The van der Waals surface area contributed by atoms with E-state index in [2.05, 4.69) is 16.7 Å². The average Bonchev–Trinajstić information content (AvgIpc) is 2.85. The minimum Gasteiger partial charge on any atom is -0.486 e. The molecule has 0 aliphatic carbocycles. The van der Waals surface area contributed by atoms with E-state index in [0.717, 1.165) is 16.3 Å². The van der Waals surface area contributed by atoms with E-state index in [1.54, 1.807) is 30.3 Å². The highest BCUT2D eigenvalue weighted by atomic mass is 16.6. The molecule has 0 atom stereocenters. The zero-order valence-corrected chi connectivity index (χ0v) is 19.0. The number of hydrogen-bond donors (Lipinski definition) is 2. The fourth-order valence-corrected chi connectivity index (χ4v) is 3.92. The number of hydrogen-bond acceptors (Lipinski definition) is 4. The summed E-state index contributed by atoms with van der Waals surface area (Å²) >= 11 is 0. The van der Waals surface area contributed by atoms with E-state index in [1.807, 2.05) is 50.2 Å². The van der Waals surface area contributed by atoms with Crippen molar-refractivity contribution in [3.63, 3.8) is 0 Å². The fraction of sp³-hybridized carbons (Fsp3) is 0.143. The summed E-state index contributed by atoms with van der Waals surface area (Å²) in [5, 5.41) is 7.96. The van der Waals surface area contributed by atoms with Gasteiger partial charge in [0.1, 0.15) is 13.2 Å². The van der Waals surface area contributed by atoms with Gasteiger partial charge in [-0.1, -0.05) is 35.9 Å². The lowest BCUT2D eigenvalue weighted by atomic mass is 10.0. The molecule has 0 bridgehead atoms. The molecule has 0 aromatic heterocycles. The number of carbonyl (C=O) groups is 2. The van der Waals surface area contributed by atoms with Gasteiger partial charge in [-0.15, -0.1) is 0 Å². The van der Waals surface area contributed by atoms with Gasteiger partial charge in [0.05, 0.1) is 0 Å². The van der Waals surface area contributed by atoms with E-state index in [4.69, 9.17) is 9.47 Å². The van der Waals surface area contributed by atoms with Gasteiger partial charge < -0.3 is 20.1 Å². The first-order valence-corrected chi connectivity index (χ1v) is 11.1. The second kappa shape index (κ2) is 8.90. The summed E-state index contributed by atoms with van der Waals surface area (Å²) in [5.74, 6) is 0.706. The second-order valence-electron chi connectivity index (χ2n) is 8.36. The van der Waals surface area contributed by atoms with Crippen molar-refractivity contribution in [3.05, 3.63) is 95.1 Å². The van der Waals surface area contributed by atoms with Gasteiger partial charge in [-0.25, -0.2) is 0 Å². The van der Waals surface area contributed by atoms with Gasteiger partial charge in [0.2, 0.25) is 0 Å². The van der Waals surface area contributed by atoms with Crippen LogP contribution in [0.15, 0.2) is 72.8 Å². The summed E-state index contributed by atoms with van der Waals surface area (Å²) < 4.78 is 11.1. The molecule has 6 nitrogen and oxygen atoms in total. The molecular formula is C28H24N2O4. The number of aryl methyl sites for hydroxylation is 2. The van der Waals surface area contributed by atoms with Crippen LogP contribution in [-0.4, -0.2) is 25.0 Å². The molecule has 4 aromatic rings. The highest BCUT2D eigenvalue weighted by molar-refractivity contribution is 6.08. The van der Waals surface area contributed by atoms with E-state index >= 15 is 0 Å². The first-order valence-electron chi connectivity index (χ1n) is 11.1. The molecule has 2 N–H and O–H groups in total. The molecular weight excluding hydrogens is 428 g/mol. The number of nitrogens with one attached hydrogen (secondary N) is 2. The lowest BCUT2D eigenvalue weighted by molar-refractivity contribution is 0.101. The van der Waals surface area contributed by atoms with Crippen molar-refractivity contribution in [1.82, 2.24) is 0 Å². The molecule has 0 saturated carbocycles. The van der Waals surface area contributed by atoms with Crippen LogP contribution in [0.4, 0.5) is 11.4 Å². The van der Waals surface area contributed by atoms with E-state index in [1.165, 1.54) is 5.56 Å². The Kier molecular flexibility index (Phi) is 5.64. The maximum absolute atomic E-state index is 12.9. The lowest BCUT2D eigenvalue weighted by Crippen LogP contribution is -2.17. The third-order valence-corrected chi connectivity index (χ3v) is 5.81. The van der Waals surface area contributed by atoms with Crippen molar-refractivity contribution in [1.29, 1.82) is 0 Å². The number of ether oxygens (including phenoxy) is 2. The number of amides is 2. The lowest BCUT2D eigenvalue weighted by Gasteiger charge is -2.18. The van der Waals surface area contributed by atoms with Crippen molar-refractivity contribution in [2.75, 3.05) is 23.8 Å². The molecule has 1 aliphatic heterocycles. The van der Waals surface area contributed by atoms with E-state index in [9.17, 15) is 9.59 Å². The first kappa shape index (κ1) is 21.5. The summed E-state index contributed by atoms with van der Waals surface area (Å²) in [7, 11) is 0. The van der Waals surface area contributed by atoms with Gasteiger partial charge >= 0.3 is 0 Å². The normalized spacial score (nSPS) is 12.3. The molecule has 4 aromatic carbocycles. The standard InChI is InChI=1S/C28H24N2O4/c1-17-3-5-20-14-21(7-6-19(20)13-17)28(32)30-24-16-23(9-4-18(24)2)29-27(31)22-8-10-25-26(15-22)34-12-11-33-25/h3-10,13-16H,11-12H2,1-2H3,(H,29,31)(H,30,32). The van der Waals surface area contributed by atoms with E-state index < -0.39 is 0 Å². The SMILES string of the molecule is Cc1ccc2cc(C(=O)Nc3cc(NC(=O)c4ccc5c(c4)OCCO5)ccc3C)ccc2c1.